The number of likely N-dealkylation sites (tertiary alicyclic amines) is 1. The van der Waals surface area contributed by atoms with Crippen molar-refractivity contribution in [3.05, 3.63) is 42.2 Å². The lowest BCUT2D eigenvalue weighted by Gasteiger charge is -2.31. The van der Waals surface area contributed by atoms with Gasteiger partial charge in [0.25, 0.3) is 11.1 Å². The summed E-state index contributed by atoms with van der Waals surface area (Å²) >= 11 is 1.57. The molecule has 0 N–H and O–H groups in total. The molecule has 0 unspecified atom stereocenters. The summed E-state index contributed by atoms with van der Waals surface area (Å²) in [5, 5.41) is 4.78. The molecule has 6 nitrogen and oxygen atoms in total. The van der Waals surface area contributed by atoms with Crippen molar-refractivity contribution in [1.29, 1.82) is 0 Å². The van der Waals surface area contributed by atoms with E-state index in [1.165, 1.54) is 0 Å². The first-order valence-corrected chi connectivity index (χ1v) is 8.82. The average Bonchev–Trinajstić information content (AvgIpc) is 3.20. The molecule has 1 saturated heterocycles. The molecule has 7 heteroatoms. The molecule has 4 rings (SSSR count). The molecule has 124 valence electrons. The number of hydrogen-bond acceptors (Lipinski definition) is 5. The van der Waals surface area contributed by atoms with Gasteiger partial charge >= 0.3 is 0 Å². The average molecular weight is 342 g/mol. The van der Waals surface area contributed by atoms with Crippen LogP contribution in [0.4, 0.5) is 0 Å². The molecule has 0 aliphatic carbocycles. The highest BCUT2D eigenvalue weighted by Crippen LogP contribution is 2.29. The van der Waals surface area contributed by atoms with Gasteiger partial charge in [-0.2, -0.15) is 5.10 Å². The molecule has 1 aliphatic rings. The van der Waals surface area contributed by atoms with Crippen LogP contribution in [0.5, 0.6) is 5.19 Å². The van der Waals surface area contributed by atoms with Gasteiger partial charge in [-0.05, 0) is 18.2 Å². The minimum atomic E-state index is 0.0356. The van der Waals surface area contributed by atoms with Crippen LogP contribution < -0.4 is 4.74 Å². The van der Waals surface area contributed by atoms with E-state index in [2.05, 4.69) is 16.1 Å². The predicted octanol–water partition coefficient (Wildman–Crippen LogP) is 2.71. The van der Waals surface area contributed by atoms with Gasteiger partial charge in [-0.1, -0.05) is 23.5 Å². The number of ether oxygens (including phenoxy) is 1. The molecule has 0 bridgehead atoms. The van der Waals surface area contributed by atoms with Gasteiger partial charge < -0.3 is 9.64 Å². The topological polar surface area (TPSA) is 60.2 Å². The molecule has 0 saturated carbocycles. The number of benzene rings is 1. The van der Waals surface area contributed by atoms with Gasteiger partial charge in [0.15, 0.2) is 0 Å². The molecule has 1 fully saturated rings. The van der Waals surface area contributed by atoms with Gasteiger partial charge in [0, 0.05) is 39.2 Å². The molecule has 0 spiro atoms. The third-order valence-electron chi connectivity index (χ3n) is 4.31. The lowest BCUT2D eigenvalue weighted by Crippen LogP contribution is -2.42. The van der Waals surface area contributed by atoms with Crippen molar-refractivity contribution < 1.29 is 9.53 Å². The molecule has 1 aliphatic heterocycles. The fraction of sp³-hybridized carbons (Fsp3) is 0.353. The summed E-state index contributed by atoms with van der Waals surface area (Å²) in [6, 6.07) is 9.79. The highest BCUT2D eigenvalue weighted by Gasteiger charge is 2.26. The molecule has 2 aromatic heterocycles. The summed E-state index contributed by atoms with van der Waals surface area (Å²) in [6.07, 6.45) is 3.40. The highest BCUT2D eigenvalue weighted by atomic mass is 32.1. The summed E-state index contributed by atoms with van der Waals surface area (Å²) in [5.74, 6) is 0.0356. The largest absolute Gasteiger partial charge is 0.467 e. The molecule has 1 aromatic carbocycles. The van der Waals surface area contributed by atoms with Crippen molar-refractivity contribution in [2.45, 2.75) is 18.9 Å². The lowest BCUT2D eigenvalue weighted by atomic mass is 10.1. The summed E-state index contributed by atoms with van der Waals surface area (Å²) in [4.78, 5) is 18.9. The van der Waals surface area contributed by atoms with E-state index >= 15 is 0 Å². The molecule has 1 amide bonds. The Morgan fingerprint density at radius 3 is 2.75 bits per heavy atom. The van der Waals surface area contributed by atoms with Crippen molar-refractivity contribution in [2.24, 2.45) is 7.05 Å². The number of rotatable bonds is 3. The Morgan fingerprint density at radius 1 is 1.25 bits per heavy atom. The monoisotopic (exact) mass is 342 g/mol. The maximum Gasteiger partial charge on any atom is 0.274 e. The minimum absolute atomic E-state index is 0.0356. The summed E-state index contributed by atoms with van der Waals surface area (Å²) in [7, 11) is 1.79. The molecule has 24 heavy (non-hydrogen) atoms. The number of thiazole rings is 1. The highest BCUT2D eigenvalue weighted by molar-refractivity contribution is 7.20. The quantitative estimate of drug-likeness (QED) is 0.734. The Labute approximate surface area is 143 Å². The standard InChI is InChI=1S/C17H18N4O2S/c1-20-14(6-9-18-20)16(22)21-10-7-12(8-11-21)23-17-19-13-4-2-3-5-15(13)24-17/h2-6,9,12H,7-8,10-11H2,1H3. The Morgan fingerprint density at radius 2 is 2.04 bits per heavy atom. The number of aromatic nitrogens is 3. The zero-order valence-corrected chi connectivity index (χ0v) is 14.2. The Bertz CT molecular complexity index is 831. The minimum Gasteiger partial charge on any atom is -0.467 e. The van der Waals surface area contributed by atoms with Crippen LogP contribution >= 0.6 is 11.3 Å². The van der Waals surface area contributed by atoms with Crippen molar-refractivity contribution >= 4 is 27.5 Å². The lowest BCUT2D eigenvalue weighted by molar-refractivity contribution is 0.0585. The maximum atomic E-state index is 12.5. The van der Waals surface area contributed by atoms with Crippen molar-refractivity contribution in [1.82, 2.24) is 19.7 Å². The maximum absolute atomic E-state index is 12.5. The van der Waals surface area contributed by atoms with Crippen molar-refractivity contribution in [3.8, 4) is 5.19 Å². The van der Waals surface area contributed by atoms with Gasteiger partial charge in [-0.15, -0.1) is 0 Å². The van der Waals surface area contributed by atoms with Crippen LogP contribution in [0, 0.1) is 0 Å². The number of piperidine rings is 1. The molecule has 0 atom stereocenters. The number of aryl methyl sites for hydroxylation is 1. The Hall–Kier alpha value is -2.41. The zero-order chi connectivity index (χ0) is 16.5. The van der Waals surface area contributed by atoms with Gasteiger partial charge in [0.05, 0.1) is 10.2 Å². The summed E-state index contributed by atoms with van der Waals surface area (Å²) < 4.78 is 8.79. The predicted molar refractivity (Wildman–Crippen MR) is 92.4 cm³/mol. The first-order valence-electron chi connectivity index (χ1n) is 8.00. The van der Waals surface area contributed by atoms with Crippen LogP contribution in [0.2, 0.25) is 0 Å². The summed E-state index contributed by atoms with van der Waals surface area (Å²) in [5.41, 5.74) is 1.60. The summed E-state index contributed by atoms with van der Waals surface area (Å²) in [6.45, 7) is 1.39. The molecule has 3 aromatic rings. The van der Waals surface area contributed by atoms with Crippen LogP contribution in [0.25, 0.3) is 10.2 Å². The van der Waals surface area contributed by atoms with E-state index in [0.29, 0.717) is 24.0 Å². The number of carbonyl (C=O) groups excluding carboxylic acids is 1. The van der Waals surface area contributed by atoms with Gasteiger partial charge in [-0.25, -0.2) is 4.98 Å². The van der Waals surface area contributed by atoms with E-state index < -0.39 is 0 Å². The van der Waals surface area contributed by atoms with Crippen LogP contribution in [-0.2, 0) is 7.05 Å². The smallest absolute Gasteiger partial charge is 0.274 e. The van der Waals surface area contributed by atoms with Crippen molar-refractivity contribution in [2.75, 3.05) is 13.1 Å². The van der Waals surface area contributed by atoms with E-state index in [9.17, 15) is 4.79 Å². The first-order chi connectivity index (χ1) is 11.7. The van der Waals surface area contributed by atoms with E-state index in [0.717, 1.165) is 23.1 Å². The Kier molecular flexibility index (Phi) is 3.93. The van der Waals surface area contributed by atoms with Gasteiger partial charge in [0.2, 0.25) is 0 Å². The van der Waals surface area contributed by atoms with Crippen molar-refractivity contribution in [3.63, 3.8) is 0 Å². The molecular weight excluding hydrogens is 324 g/mol. The third kappa shape index (κ3) is 2.87. The van der Waals surface area contributed by atoms with E-state index in [1.807, 2.05) is 23.1 Å². The normalized spacial score (nSPS) is 15.8. The van der Waals surface area contributed by atoms with E-state index in [-0.39, 0.29) is 12.0 Å². The second kappa shape index (κ2) is 6.24. The number of para-hydroxylation sites is 1. The molecule has 0 radical (unpaired) electrons. The fourth-order valence-corrected chi connectivity index (χ4v) is 3.85. The second-order valence-electron chi connectivity index (χ2n) is 5.90. The van der Waals surface area contributed by atoms with Crippen LogP contribution in [-0.4, -0.2) is 44.8 Å². The fourth-order valence-electron chi connectivity index (χ4n) is 2.97. The van der Waals surface area contributed by atoms with Crippen LogP contribution in [0.15, 0.2) is 36.5 Å². The molecule has 3 heterocycles. The first kappa shape index (κ1) is 15.1. The second-order valence-corrected chi connectivity index (χ2v) is 6.89. The number of fused-ring (bicyclic) bond motifs is 1. The zero-order valence-electron chi connectivity index (χ0n) is 13.4. The molecular formula is C17H18N4O2S. The number of amides is 1. The number of hydrogen-bond donors (Lipinski definition) is 0. The third-order valence-corrected chi connectivity index (χ3v) is 5.24. The van der Waals surface area contributed by atoms with Gasteiger partial charge in [-0.3, -0.25) is 9.48 Å². The van der Waals surface area contributed by atoms with E-state index in [1.54, 1.807) is 35.3 Å². The van der Waals surface area contributed by atoms with Crippen LogP contribution in [0.3, 0.4) is 0 Å². The van der Waals surface area contributed by atoms with Crippen LogP contribution in [0.1, 0.15) is 23.3 Å². The number of nitrogens with zero attached hydrogens (tertiary/aromatic N) is 4. The van der Waals surface area contributed by atoms with E-state index in [4.69, 9.17) is 4.74 Å². The Balaban J connectivity index is 1.37. The van der Waals surface area contributed by atoms with Gasteiger partial charge in [0.1, 0.15) is 11.8 Å². The SMILES string of the molecule is Cn1nccc1C(=O)N1CCC(Oc2nc3ccccc3s2)CC1. The number of carbonyl (C=O) groups is 1.